The third-order valence-electron chi connectivity index (χ3n) is 4.90. The molecular formula is C24H20F6N6OS. The zero-order valence-corrected chi connectivity index (χ0v) is 20.3. The normalized spacial score (nSPS) is 11.5. The number of carbonyl (C=O) groups excluding carboxylic acids is 1. The van der Waals surface area contributed by atoms with Crippen molar-refractivity contribution in [2.75, 3.05) is 0 Å². The van der Waals surface area contributed by atoms with Crippen molar-refractivity contribution in [3.8, 4) is 11.4 Å². The highest BCUT2D eigenvalue weighted by molar-refractivity contribution is 7.80. The van der Waals surface area contributed by atoms with Gasteiger partial charge in [0.05, 0.1) is 48.1 Å². The molecule has 0 fully saturated rings. The Morgan fingerprint density at radius 1 is 0.737 bits per heavy atom. The van der Waals surface area contributed by atoms with Gasteiger partial charge in [-0.1, -0.05) is 12.2 Å². The molecule has 14 heteroatoms. The Morgan fingerprint density at radius 3 is 1.68 bits per heavy atom. The fourth-order valence-corrected chi connectivity index (χ4v) is 3.20. The number of halogens is 6. The maximum absolute atomic E-state index is 12.1. The fraction of sp³-hybridized carbons (Fsp3) is 0.250. The van der Waals surface area contributed by atoms with Gasteiger partial charge in [-0.15, -0.1) is 0 Å². The Bertz CT molecular complexity index is 1230. The molecule has 0 saturated carbocycles. The molecule has 0 atom stereocenters. The Hall–Kier alpha value is -3.94. The molecule has 0 spiro atoms. The minimum absolute atomic E-state index is 0.160. The van der Waals surface area contributed by atoms with Crippen LogP contribution < -0.4 is 0 Å². The maximum Gasteiger partial charge on any atom is 0.389 e. The van der Waals surface area contributed by atoms with Crippen LogP contribution in [0.5, 0.6) is 0 Å². The van der Waals surface area contributed by atoms with E-state index in [1.807, 2.05) is 0 Å². The Balaban J connectivity index is 0.000000211. The summed E-state index contributed by atoms with van der Waals surface area (Å²) in [6, 6.07) is 6.97. The van der Waals surface area contributed by atoms with Gasteiger partial charge in [0.1, 0.15) is 0 Å². The Kier molecular flexibility index (Phi) is 9.45. The third kappa shape index (κ3) is 9.18. The molecular weight excluding hydrogens is 534 g/mol. The number of ketones is 1. The van der Waals surface area contributed by atoms with E-state index in [-0.39, 0.29) is 16.8 Å². The first-order chi connectivity index (χ1) is 17.9. The van der Waals surface area contributed by atoms with Crippen molar-refractivity contribution in [1.82, 2.24) is 29.5 Å². The van der Waals surface area contributed by atoms with Crippen LogP contribution in [0.25, 0.3) is 11.4 Å². The molecule has 0 aliphatic rings. The summed E-state index contributed by atoms with van der Waals surface area (Å²) in [5, 5.41) is 7.99. The quantitative estimate of drug-likeness (QED) is 0.148. The van der Waals surface area contributed by atoms with E-state index in [2.05, 4.69) is 20.2 Å². The van der Waals surface area contributed by atoms with Crippen LogP contribution in [0, 0.1) is 0 Å². The molecule has 0 aliphatic carbocycles. The molecule has 0 amide bonds. The van der Waals surface area contributed by atoms with E-state index < -0.39 is 37.4 Å². The van der Waals surface area contributed by atoms with E-state index in [1.165, 1.54) is 34.2 Å². The van der Waals surface area contributed by atoms with Crippen molar-refractivity contribution in [3.63, 3.8) is 0 Å². The van der Waals surface area contributed by atoms with Gasteiger partial charge < -0.3 is 0 Å². The summed E-state index contributed by atoms with van der Waals surface area (Å²) in [6.45, 7) is 0. The highest BCUT2D eigenvalue weighted by atomic mass is 32.1. The van der Waals surface area contributed by atoms with E-state index in [0.717, 1.165) is 5.69 Å². The largest absolute Gasteiger partial charge is 0.389 e. The molecule has 200 valence electrons. The van der Waals surface area contributed by atoms with Crippen molar-refractivity contribution >= 4 is 22.9 Å². The van der Waals surface area contributed by atoms with Crippen molar-refractivity contribution in [2.45, 2.75) is 38.0 Å². The lowest BCUT2D eigenvalue weighted by atomic mass is 10.1. The van der Waals surface area contributed by atoms with Gasteiger partial charge in [-0.25, -0.2) is 9.36 Å². The topological polar surface area (TPSA) is 78.5 Å². The van der Waals surface area contributed by atoms with E-state index in [9.17, 15) is 31.1 Å². The molecule has 4 rings (SSSR count). The van der Waals surface area contributed by atoms with Crippen LogP contribution in [-0.4, -0.2) is 52.5 Å². The van der Waals surface area contributed by atoms with Crippen LogP contribution in [0.3, 0.4) is 0 Å². The molecule has 7 nitrogen and oxygen atoms in total. The standard InChI is InChI=1S/C12H10F3N3O.C12H10F3N3S/c2*13-12(14,15)4-3-11(19)9-6-17-18(8-9)10-2-1-5-16-7-10/h2*1-2,5-8H,3-4H2. The summed E-state index contributed by atoms with van der Waals surface area (Å²) in [4.78, 5) is 19.7. The molecule has 4 heterocycles. The molecule has 0 aromatic carbocycles. The van der Waals surface area contributed by atoms with Crippen molar-refractivity contribution in [3.05, 3.63) is 85.0 Å². The Morgan fingerprint density at radius 2 is 1.21 bits per heavy atom. The number of rotatable bonds is 8. The first kappa shape index (κ1) is 28.6. The maximum atomic E-state index is 12.1. The summed E-state index contributed by atoms with van der Waals surface area (Å²) >= 11 is 4.98. The molecule has 0 N–H and O–H groups in total. The zero-order valence-electron chi connectivity index (χ0n) is 19.5. The minimum Gasteiger partial charge on any atom is -0.294 e. The monoisotopic (exact) mass is 554 g/mol. The average Bonchev–Trinajstić information content (AvgIpc) is 3.57. The lowest BCUT2D eigenvalue weighted by Gasteiger charge is -2.05. The number of pyridine rings is 2. The lowest BCUT2D eigenvalue weighted by Crippen LogP contribution is -2.10. The van der Waals surface area contributed by atoms with Crippen molar-refractivity contribution in [1.29, 1.82) is 0 Å². The molecule has 4 aromatic rings. The van der Waals surface area contributed by atoms with Crippen LogP contribution in [0.2, 0.25) is 0 Å². The first-order valence-electron chi connectivity index (χ1n) is 11.0. The van der Waals surface area contributed by atoms with Gasteiger partial charge in [0, 0.05) is 48.1 Å². The average molecular weight is 555 g/mol. The van der Waals surface area contributed by atoms with Gasteiger partial charge in [0.2, 0.25) is 0 Å². The number of Topliss-reactive ketones (excluding diaryl/α,β-unsaturated/α-hetero) is 1. The van der Waals surface area contributed by atoms with Crippen LogP contribution in [0.15, 0.2) is 73.8 Å². The van der Waals surface area contributed by atoms with Gasteiger partial charge in [0.25, 0.3) is 0 Å². The van der Waals surface area contributed by atoms with Crippen molar-refractivity contribution in [2.24, 2.45) is 0 Å². The second kappa shape index (κ2) is 12.5. The van der Waals surface area contributed by atoms with E-state index in [1.54, 1.807) is 49.1 Å². The molecule has 4 aromatic heterocycles. The summed E-state index contributed by atoms with van der Waals surface area (Å²) in [6.07, 6.45) is 0.770. The third-order valence-corrected chi connectivity index (χ3v) is 5.34. The molecule has 0 unspecified atom stereocenters. The van der Waals surface area contributed by atoms with Crippen molar-refractivity contribution < 1.29 is 31.1 Å². The van der Waals surface area contributed by atoms with Gasteiger partial charge >= 0.3 is 12.4 Å². The van der Waals surface area contributed by atoms with E-state index in [0.29, 0.717) is 11.3 Å². The highest BCUT2D eigenvalue weighted by Gasteiger charge is 2.28. The number of alkyl halides is 6. The first-order valence-corrected chi connectivity index (χ1v) is 11.4. The minimum atomic E-state index is -4.32. The number of hydrogen-bond donors (Lipinski definition) is 0. The molecule has 0 radical (unpaired) electrons. The predicted molar refractivity (Wildman–Crippen MR) is 129 cm³/mol. The fourth-order valence-electron chi connectivity index (χ4n) is 2.99. The number of thiocarbonyl (C=S) groups is 1. The SMILES string of the molecule is FC(F)(F)CCC(=S)c1cnn(-c2cccnc2)c1.O=C(CCC(F)(F)F)c1cnn(-c2cccnc2)c1. The number of nitrogens with zero attached hydrogens (tertiary/aromatic N) is 6. The van der Waals surface area contributed by atoms with E-state index >= 15 is 0 Å². The molecule has 38 heavy (non-hydrogen) atoms. The van der Waals surface area contributed by atoms with E-state index in [4.69, 9.17) is 12.2 Å². The molecule has 0 bridgehead atoms. The highest BCUT2D eigenvalue weighted by Crippen LogP contribution is 2.24. The number of carbonyl (C=O) groups is 1. The lowest BCUT2D eigenvalue weighted by molar-refractivity contribution is -0.134. The molecule has 0 saturated heterocycles. The summed E-state index contributed by atoms with van der Waals surface area (Å²) < 4.78 is 75.3. The Labute approximate surface area is 218 Å². The summed E-state index contributed by atoms with van der Waals surface area (Å²) in [5.41, 5.74) is 2.06. The number of aromatic nitrogens is 6. The summed E-state index contributed by atoms with van der Waals surface area (Å²) in [7, 11) is 0. The van der Waals surface area contributed by atoms with Gasteiger partial charge in [0.15, 0.2) is 5.78 Å². The zero-order chi connectivity index (χ0) is 27.8. The molecule has 0 aliphatic heterocycles. The van der Waals surface area contributed by atoms with Crippen LogP contribution in [-0.2, 0) is 0 Å². The second-order valence-electron chi connectivity index (χ2n) is 7.85. The summed E-state index contributed by atoms with van der Waals surface area (Å²) in [5.74, 6) is -0.576. The smallest absolute Gasteiger partial charge is 0.294 e. The predicted octanol–water partition coefficient (Wildman–Crippen LogP) is 6.12. The number of hydrogen-bond acceptors (Lipinski definition) is 6. The van der Waals surface area contributed by atoms with Gasteiger partial charge in [-0.2, -0.15) is 36.5 Å². The van der Waals surface area contributed by atoms with Crippen LogP contribution in [0.1, 0.15) is 41.6 Å². The van der Waals surface area contributed by atoms with Gasteiger partial charge in [-0.05, 0) is 30.7 Å². The van der Waals surface area contributed by atoms with Crippen LogP contribution >= 0.6 is 12.2 Å². The van der Waals surface area contributed by atoms with Gasteiger partial charge in [-0.3, -0.25) is 14.8 Å². The van der Waals surface area contributed by atoms with Crippen LogP contribution in [0.4, 0.5) is 26.3 Å². The second-order valence-corrected chi connectivity index (χ2v) is 8.34.